The van der Waals surface area contributed by atoms with Crippen LogP contribution in [0.1, 0.15) is 19.8 Å². The van der Waals surface area contributed by atoms with Gasteiger partial charge in [0.2, 0.25) is 0 Å². The predicted octanol–water partition coefficient (Wildman–Crippen LogP) is 0.773. The van der Waals surface area contributed by atoms with E-state index in [0.717, 1.165) is 12.5 Å². The van der Waals surface area contributed by atoms with Crippen molar-refractivity contribution in [2.75, 3.05) is 13.1 Å². The topological polar surface area (TPSA) is 21.3 Å². The quantitative estimate of drug-likeness (QED) is 0.538. The molecule has 58 valence electrons. The average molecular weight is 141 g/mol. The van der Waals surface area contributed by atoms with E-state index in [4.69, 9.17) is 4.74 Å². The van der Waals surface area contributed by atoms with Crippen molar-refractivity contribution in [2.45, 2.75) is 32.0 Å². The van der Waals surface area contributed by atoms with Crippen LogP contribution in [0.4, 0.5) is 0 Å². The number of hydrogen-bond acceptors (Lipinski definition) is 2. The fraction of sp³-hybridized carbons (Fsp3) is 1.00. The summed E-state index contributed by atoms with van der Waals surface area (Å²) in [6, 6.07) is 0. The second-order valence-electron chi connectivity index (χ2n) is 3.47. The third-order valence-electron chi connectivity index (χ3n) is 2.58. The summed E-state index contributed by atoms with van der Waals surface area (Å²) in [5, 5.41) is 3.40. The Morgan fingerprint density at radius 1 is 1.50 bits per heavy atom. The zero-order valence-electron chi connectivity index (χ0n) is 6.47. The van der Waals surface area contributed by atoms with E-state index >= 15 is 0 Å². The van der Waals surface area contributed by atoms with Crippen molar-refractivity contribution >= 4 is 0 Å². The number of nitrogens with one attached hydrogen (secondary N) is 1. The molecule has 2 heteroatoms. The standard InChI is InChI=1S/C8H15NO/c1-6-4-7-5-9-3-2-8(7)10-6/h6-9H,2-5H2,1H3/t6-,7-,8+/m0/s1. The van der Waals surface area contributed by atoms with Crippen LogP contribution >= 0.6 is 0 Å². The van der Waals surface area contributed by atoms with Crippen molar-refractivity contribution in [3.63, 3.8) is 0 Å². The highest BCUT2D eigenvalue weighted by Crippen LogP contribution is 2.29. The highest BCUT2D eigenvalue weighted by atomic mass is 16.5. The van der Waals surface area contributed by atoms with Gasteiger partial charge in [0.25, 0.3) is 0 Å². The van der Waals surface area contributed by atoms with E-state index in [1.54, 1.807) is 0 Å². The SMILES string of the molecule is C[C@H]1C[C@H]2CNCC[C@H]2O1. The molecule has 10 heavy (non-hydrogen) atoms. The molecule has 0 bridgehead atoms. The van der Waals surface area contributed by atoms with E-state index in [0.29, 0.717) is 12.2 Å². The lowest BCUT2D eigenvalue weighted by Crippen LogP contribution is -2.37. The lowest BCUT2D eigenvalue weighted by molar-refractivity contribution is 0.0312. The van der Waals surface area contributed by atoms with E-state index < -0.39 is 0 Å². The third kappa shape index (κ3) is 1.06. The summed E-state index contributed by atoms with van der Waals surface area (Å²) in [6.07, 6.45) is 3.57. The first kappa shape index (κ1) is 6.62. The van der Waals surface area contributed by atoms with E-state index in [2.05, 4.69) is 12.2 Å². The van der Waals surface area contributed by atoms with Gasteiger partial charge in [0.1, 0.15) is 0 Å². The van der Waals surface area contributed by atoms with Gasteiger partial charge in [-0.25, -0.2) is 0 Å². The second kappa shape index (κ2) is 2.51. The van der Waals surface area contributed by atoms with Crippen LogP contribution in [0.3, 0.4) is 0 Å². The lowest BCUT2D eigenvalue weighted by atomic mass is 9.95. The van der Waals surface area contributed by atoms with E-state index in [-0.39, 0.29) is 0 Å². The summed E-state index contributed by atoms with van der Waals surface area (Å²) in [5.41, 5.74) is 0. The van der Waals surface area contributed by atoms with Crippen LogP contribution in [0.15, 0.2) is 0 Å². The van der Waals surface area contributed by atoms with Gasteiger partial charge in [0, 0.05) is 12.5 Å². The Morgan fingerprint density at radius 3 is 3.20 bits per heavy atom. The molecular weight excluding hydrogens is 126 g/mol. The molecule has 0 unspecified atom stereocenters. The Labute approximate surface area is 61.9 Å². The maximum Gasteiger partial charge on any atom is 0.0632 e. The minimum Gasteiger partial charge on any atom is -0.375 e. The normalized spacial score (nSPS) is 47.1. The summed E-state index contributed by atoms with van der Waals surface area (Å²) in [4.78, 5) is 0. The summed E-state index contributed by atoms with van der Waals surface area (Å²) in [7, 11) is 0. The number of fused-ring (bicyclic) bond motifs is 1. The van der Waals surface area contributed by atoms with Gasteiger partial charge < -0.3 is 10.1 Å². The highest BCUT2D eigenvalue weighted by molar-refractivity contribution is 4.85. The molecule has 2 aliphatic rings. The minimum absolute atomic E-state index is 0.509. The molecule has 1 N–H and O–H groups in total. The maximum absolute atomic E-state index is 5.73. The van der Waals surface area contributed by atoms with Crippen molar-refractivity contribution in [3.05, 3.63) is 0 Å². The van der Waals surface area contributed by atoms with Crippen LogP contribution in [0, 0.1) is 5.92 Å². The van der Waals surface area contributed by atoms with Gasteiger partial charge in [-0.15, -0.1) is 0 Å². The number of piperidine rings is 1. The van der Waals surface area contributed by atoms with Crippen LogP contribution in [-0.2, 0) is 4.74 Å². The van der Waals surface area contributed by atoms with Gasteiger partial charge in [-0.2, -0.15) is 0 Å². The Bertz CT molecular complexity index is 112. The van der Waals surface area contributed by atoms with E-state index in [1.165, 1.54) is 19.4 Å². The zero-order chi connectivity index (χ0) is 6.97. The van der Waals surface area contributed by atoms with Crippen molar-refractivity contribution in [3.8, 4) is 0 Å². The summed E-state index contributed by atoms with van der Waals surface area (Å²) < 4.78 is 5.73. The van der Waals surface area contributed by atoms with Crippen molar-refractivity contribution in [1.82, 2.24) is 5.32 Å². The van der Waals surface area contributed by atoms with E-state index in [1.807, 2.05) is 0 Å². The molecule has 2 heterocycles. The first-order valence-corrected chi connectivity index (χ1v) is 4.22. The third-order valence-corrected chi connectivity index (χ3v) is 2.58. The van der Waals surface area contributed by atoms with Crippen molar-refractivity contribution in [2.24, 2.45) is 5.92 Å². The summed E-state index contributed by atoms with van der Waals surface area (Å²) in [6.45, 7) is 4.50. The first-order valence-electron chi connectivity index (χ1n) is 4.22. The minimum atomic E-state index is 0.509. The van der Waals surface area contributed by atoms with Crippen LogP contribution in [0.25, 0.3) is 0 Å². The molecule has 3 atom stereocenters. The van der Waals surface area contributed by atoms with Crippen molar-refractivity contribution in [1.29, 1.82) is 0 Å². The number of hydrogen-bond donors (Lipinski definition) is 1. The fourth-order valence-electron chi connectivity index (χ4n) is 2.09. The first-order chi connectivity index (χ1) is 4.86. The second-order valence-corrected chi connectivity index (χ2v) is 3.47. The fourth-order valence-corrected chi connectivity index (χ4v) is 2.09. The van der Waals surface area contributed by atoms with Gasteiger partial charge >= 0.3 is 0 Å². The van der Waals surface area contributed by atoms with Gasteiger partial charge in [-0.1, -0.05) is 0 Å². The van der Waals surface area contributed by atoms with E-state index in [9.17, 15) is 0 Å². The molecule has 2 aliphatic heterocycles. The molecule has 0 radical (unpaired) electrons. The predicted molar refractivity (Wildman–Crippen MR) is 39.9 cm³/mol. The largest absolute Gasteiger partial charge is 0.375 e. The van der Waals surface area contributed by atoms with Gasteiger partial charge in [-0.05, 0) is 26.3 Å². The molecule has 0 aromatic carbocycles. The van der Waals surface area contributed by atoms with Crippen LogP contribution in [-0.4, -0.2) is 25.3 Å². The molecule has 2 rings (SSSR count). The number of rotatable bonds is 0. The zero-order valence-corrected chi connectivity index (χ0v) is 6.47. The number of ether oxygens (including phenoxy) is 1. The Morgan fingerprint density at radius 2 is 2.40 bits per heavy atom. The van der Waals surface area contributed by atoms with Gasteiger partial charge in [0.15, 0.2) is 0 Å². The maximum atomic E-state index is 5.73. The monoisotopic (exact) mass is 141 g/mol. The van der Waals surface area contributed by atoms with Crippen LogP contribution < -0.4 is 5.32 Å². The van der Waals surface area contributed by atoms with Gasteiger partial charge in [0.05, 0.1) is 12.2 Å². The van der Waals surface area contributed by atoms with Gasteiger partial charge in [-0.3, -0.25) is 0 Å². The Kier molecular flexibility index (Phi) is 1.66. The molecule has 0 saturated carbocycles. The summed E-state index contributed by atoms with van der Waals surface area (Å²) >= 11 is 0. The highest BCUT2D eigenvalue weighted by Gasteiger charge is 2.34. The molecule has 2 saturated heterocycles. The van der Waals surface area contributed by atoms with Crippen LogP contribution in [0.2, 0.25) is 0 Å². The molecule has 2 nitrogen and oxygen atoms in total. The molecule has 0 aromatic heterocycles. The molecular formula is C8H15NO. The average Bonchev–Trinajstić information content (AvgIpc) is 2.27. The molecule has 0 amide bonds. The van der Waals surface area contributed by atoms with Crippen LogP contribution in [0.5, 0.6) is 0 Å². The molecule has 0 spiro atoms. The smallest absolute Gasteiger partial charge is 0.0632 e. The van der Waals surface area contributed by atoms with Crippen molar-refractivity contribution < 1.29 is 4.74 Å². The molecule has 0 aromatic rings. The lowest BCUT2D eigenvalue weighted by Gasteiger charge is -2.24. The molecule has 2 fully saturated rings. The molecule has 0 aliphatic carbocycles. The Hall–Kier alpha value is -0.0800. The summed E-state index contributed by atoms with van der Waals surface area (Å²) in [5.74, 6) is 0.809. The Balaban J connectivity index is 1.97.